The summed E-state index contributed by atoms with van der Waals surface area (Å²) in [7, 11) is 1.38. The zero-order valence-corrected chi connectivity index (χ0v) is 14.8. The van der Waals surface area contributed by atoms with Crippen molar-refractivity contribution in [3.63, 3.8) is 0 Å². The summed E-state index contributed by atoms with van der Waals surface area (Å²) in [6.45, 7) is 2.04. The lowest BCUT2D eigenvalue weighted by atomic mass is 10.1. The number of hydrogen-bond donors (Lipinski definition) is 0. The van der Waals surface area contributed by atoms with Gasteiger partial charge in [-0.05, 0) is 24.6 Å². The van der Waals surface area contributed by atoms with Gasteiger partial charge in [0.2, 0.25) is 11.7 Å². The highest BCUT2D eigenvalue weighted by Crippen LogP contribution is 2.31. The summed E-state index contributed by atoms with van der Waals surface area (Å²) >= 11 is 1.70. The monoisotopic (exact) mass is 354 g/mol. The van der Waals surface area contributed by atoms with Crippen LogP contribution in [0.1, 0.15) is 34.0 Å². The molecule has 0 fully saturated rings. The number of esters is 1. The molecule has 1 unspecified atom stereocenters. The molecule has 128 valence electrons. The van der Waals surface area contributed by atoms with E-state index in [1.165, 1.54) is 7.11 Å². The third-order valence-corrected chi connectivity index (χ3v) is 4.90. The van der Waals surface area contributed by atoms with Crippen molar-refractivity contribution >= 4 is 17.7 Å². The van der Waals surface area contributed by atoms with Crippen LogP contribution in [-0.4, -0.2) is 23.2 Å². The number of rotatable bonds is 6. The van der Waals surface area contributed by atoms with Gasteiger partial charge in [-0.3, -0.25) is 0 Å². The Morgan fingerprint density at radius 2 is 1.88 bits per heavy atom. The fourth-order valence-corrected chi connectivity index (χ4v) is 3.13. The summed E-state index contributed by atoms with van der Waals surface area (Å²) in [6, 6.07) is 17.1. The average molecular weight is 354 g/mol. The maximum absolute atomic E-state index is 11.4. The summed E-state index contributed by atoms with van der Waals surface area (Å²) in [5.41, 5.74) is 2.61. The van der Waals surface area contributed by atoms with Crippen molar-refractivity contribution in [2.45, 2.75) is 17.9 Å². The fourth-order valence-electron chi connectivity index (χ4n) is 2.25. The Balaban J connectivity index is 1.60. The Labute approximate surface area is 150 Å². The van der Waals surface area contributed by atoms with Crippen molar-refractivity contribution in [2.75, 3.05) is 7.11 Å². The van der Waals surface area contributed by atoms with E-state index < -0.39 is 0 Å². The topological polar surface area (TPSA) is 65.2 Å². The lowest BCUT2D eigenvalue weighted by Crippen LogP contribution is -2.00. The van der Waals surface area contributed by atoms with E-state index in [9.17, 15) is 4.79 Å². The highest BCUT2D eigenvalue weighted by molar-refractivity contribution is 7.98. The largest absolute Gasteiger partial charge is 0.465 e. The van der Waals surface area contributed by atoms with Gasteiger partial charge in [-0.25, -0.2) is 4.79 Å². The zero-order chi connectivity index (χ0) is 17.6. The molecule has 0 aliphatic carbocycles. The summed E-state index contributed by atoms with van der Waals surface area (Å²) in [4.78, 5) is 15.9. The van der Waals surface area contributed by atoms with Crippen molar-refractivity contribution in [3.8, 4) is 11.4 Å². The zero-order valence-electron chi connectivity index (χ0n) is 14.0. The van der Waals surface area contributed by atoms with Crippen LogP contribution < -0.4 is 0 Å². The first-order valence-electron chi connectivity index (χ1n) is 7.85. The van der Waals surface area contributed by atoms with Crippen LogP contribution in [0.15, 0.2) is 59.1 Å². The molecular formula is C19H18N2O3S. The molecule has 0 aliphatic rings. The van der Waals surface area contributed by atoms with E-state index in [0.29, 0.717) is 17.3 Å². The minimum absolute atomic E-state index is 0.0743. The number of thioether (sulfide) groups is 1. The molecule has 1 aromatic heterocycles. The number of aromatic nitrogens is 2. The van der Waals surface area contributed by atoms with Gasteiger partial charge in [0.1, 0.15) is 0 Å². The minimum Gasteiger partial charge on any atom is -0.465 e. The number of benzene rings is 2. The van der Waals surface area contributed by atoms with Gasteiger partial charge in [0, 0.05) is 11.3 Å². The van der Waals surface area contributed by atoms with Gasteiger partial charge >= 0.3 is 5.97 Å². The molecule has 1 heterocycles. The number of methoxy groups -OCH3 is 1. The lowest BCUT2D eigenvalue weighted by Gasteiger charge is -2.07. The van der Waals surface area contributed by atoms with Crippen LogP contribution in [-0.2, 0) is 10.5 Å². The van der Waals surface area contributed by atoms with Crippen LogP contribution in [0.2, 0.25) is 0 Å². The molecule has 2 aromatic carbocycles. The SMILES string of the molecule is COC(=O)c1ccc(CSC(C)c2nc(-c3ccccc3)no2)cc1. The summed E-state index contributed by atoms with van der Waals surface area (Å²) in [6.07, 6.45) is 0. The predicted molar refractivity (Wildman–Crippen MR) is 97.2 cm³/mol. The second-order valence-corrected chi connectivity index (χ2v) is 6.79. The van der Waals surface area contributed by atoms with Crippen LogP contribution in [0.5, 0.6) is 0 Å². The van der Waals surface area contributed by atoms with Gasteiger partial charge in [-0.2, -0.15) is 4.98 Å². The quantitative estimate of drug-likeness (QED) is 0.607. The molecule has 0 N–H and O–H groups in total. The van der Waals surface area contributed by atoms with Gasteiger partial charge in [-0.1, -0.05) is 47.6 Å². The Morgan fingerprint density at radius 1 is 1.16 bits per heavy atom. The highest BCUT2D eigenvalue weighted by atomic mass is 32.2. The smallest absolute Gasteiger partial charge is 0.337 e. The third-order valence-electron chi connectivity index (χ3n) is 3.70. The first-order valence-corrected chi connectivity index (χ1v) is 8.90. The first kappa shape index (κ1) is 17.2. The first-order chi connectivity index (χ1) is 12.2. The summed E-state index contributed by atoms with van der Waals surface area (Å²) in [5, 5.41) is 4.13. The van der Waals surface area contributed by atoms with Crippen LogP contribution in [0.25, 0.3) is 11.4 Å². The molecule has 5 nitrogen and oxygen atoms in total. The van der Waals surface area contributed by atoms with Crippen LogP contribution in [0.3, 0.4) is 0 Å². The van der Waals surface area contributed by atoms with Crippen molar-refractivity contribution in [1.29, 1.82) is 0 Å². The van der Waals surface area contributed by atoms with Crippen LogP contribution in [0, 0.1) is 0 Å². The maximum atomic E-state index is 11.4. The number of ether oxygens (including phenoxy) is 1. The molecule has 0 radical (unpaired) electrons. The second-order valence-electron chi connectivity index (χ2n) is 5.46. The molecule has 0 saturated carbocycles. The van der Waals surface area contributed by atoms with E-state index in [-0.39, 0.29) is 11.2 Å². The number of carbonyl (C=O) groups excluding carboxylic acids is 1. The van der Waals surface area contributed by atoms with Crippen LogP contribution >= 0.6 is 11.8 Å². The molecule has 0 spiro atoms. The predicted octanol–water partition coefficient (Wildman–Crippen LogP) is 4.52. The fraction of sp³-hybridized carbons (Fsp3) is 0.211. The molecule has 1 atom stereocenters. The standard InChI is InChI=1S/C19H18N2O3S/c1-13(18-20-17(21-24-18)15-6-4-3-5-7-15)25-12-14-8-10-16(11-9-14)19(22)23-2/h3-11,13H,12H2,1-2H3. The van der Waals surface area contributed by atoms with E-state index in [4.69, 9.17) is 9.26 Å². The Hall–Kier alpha value is -2.60. The minimum atomic E-state index is -0.327. The van der Waals surface area contributed by atoms with E-state index in [1.807, 2.05) is 49.4 Å². The Kier molecular flexibility index (Phi) is 5.50. The van der Waals surface area contributed by atoms with E-state index in [1.54, 1.807) is 23.9 Å². The summed E-state index contributed by atoms with van der Waals surface area (Å²) < 4.78 is 10.1. The molecule has 0 aliphatic heterocycles. The second kappa shape index (κ2) is 7.98. The van der Waals surface area contributed by atoms with Crippen molar-refractivity contribution in [3.05, 3.63) is 71.6 Å². The number of hydrogen-bond acceptors (Lipinski definition) is 6. The third kappa shape index (κ3) is 4.28. The Bertz CT molecular complexity index is 831. The molecule has 0 bridgehead atoms. The van der Waals surface area contributed by atoms with Gasteiger partial charge < -0.3 is 9.26 Å². The molecule has 3 rings (SSSR count). The molecule has 25 heavy (non-hydrogen) atoms. The molecule has 6 heteroatoms. The lowest BCUT2D eigenvalue weighted by molar-refractivity contribution is 0.0600. The molecule has 3 aromatic rings. The van der Waals surface area contributed by atoms with E-state index >= 15 is 0 Å². The maximum Gasteiger partial charge on any atom is 0.337 e. The molecule has 0 amide bonds. The van der Waals surface area contributed by atoms with Crippen molar-refractivity contribution < 1.29 is 14.1 Å². The van der Waals surface area contributed by atoms with Gasteiger partial charge in [0.05, 0.1) is 17.9 Å². The van der Waals surface area contributed by atoms with Crippen molar-refractivity contribution in [1.82, 2.24) is 10.1 Å². The normalized spacial score (nSPS) is 11.9. The van der Waals surface area contributed by atoms with Gasteiger partial charge in [0.15, 0.2) is 0 Å². The Morgan fingerprint density at radius 3 is 2.56 bits per heavy atom. The number of carbonyl (C=O) groups is 1. The molecular weight excluding hydrogens is 336 g/mol. The average Bonchev–Trinajstić information content (AvgIpc) is 3.17. The van der Waals surface area contributed by atoms with Gasteiger partial charge in [-0.15, -0.1) is 11.8 Å². The van der Waals surface area contributed by atoms with Crippen LogP contribution in [0.4, 0.5) is 0 Å². The van der Waals surface area contributed by atoms with Gasteiger partial charge in [0.25, 0.3) is 0 Å². The summed E-state index contributed by atoms with van der Waals surface area (Å²) in [5.74, 6) is 1.67. The van der Waals surface area contributed by atoms with Crippen molar-refractivity contribution in [2.24, 2.45) is 0 Å². The van der Waals surface area contributed by atoms with E-state index in [0.717, 1.165) is 16.9 Å². The number of nitrogens with zero attached hydrogens (tertiary/aromatic N) is 2. The highest BCUT2D eigenvalue weighted by Gasteiger charge is 2.16. The van der Waals surface area contributed by atoms with E-state index in [2.05, 4.69) is 10.1 Å². The molecule has 0 saturated heterocycles.